The number of thiophene rings is 1. The van der Waals surface area contributed by atoms with E-state index in [2.05, 4.69) is 15.3 Å². The Bertz CT molecular complexity index is 1050. The van der Waals surface area contributed by atoms with Gasteiger partial charge in [0.15, 0.2) is 0 Å². The fraction of sp³-hybridized carbons (Fsp3) is 0.316. The van der Waals surface area contributed by atoms with E-state index < -0.39 is 17.6 Å². The molecule has 0 aliphatic heterocycles. The molecule has 0 bridgehead atoms. The van der Waals surface area contributed by atoms with Crippen molar-refractivity contribution in [3.8, 4) is 0 Å². The molecular formula is C19H16F3N3OS. The number of fused-ring (bicyclic) bond motifs is 1. The standard InChI is InChI=1S/C19H16F3N3OS/c1-9-14-10(2)23-16(11-6-7-11)25-18(14)27-15(9)17(26)24-13-5-3-4-12(8-13)19(20,21)22/h3-5,8,11H,6-7H2,1-2H3,(H,24,26). The summed E-state index contributed by atoms with van der Waals surface area (Å²) in [7, 11) is 0. The van der Waals surface area contributed by atoms with Crippen LogP contribution in [0.15, 0.2) is 24.3 Å². The van der Waals surface area contributed by atoms with Crippen LogP contribution in [-0.2, 0) is 6.18 Å². The SMILES string of the molecule is Cc1nc(C2CC2)nc2sc(C(=O)Nc3cccc(C(F)(F)F)c3)c(C)c12. The third-order valence-corrected chi connectivity index (χ3v) is 5.77. The van der Waals surface area contributed by atoms with E-state index in [-0.39, 0.29) is 5.69 Å². The summed E-state index contributed by atoms with van der Waals surface area (Å²) in [4.78, 5) is 23.0. The molecule has 2 heterocycles. The van der Waals surface area contributed by atoms with E-state index in [1.54, 1.807) is 0 Å². The summed E-state index contributed by atoms with van der Waals surface area (Å²) in [6, 6.07) is 4.61. The molecule has 1 N–H and O–H groups in total. The highest BCUT2D eigenvalue weighted by atomic mass is 32.1. The van der Waals surface area contributed by atoms with Crippen LogP contribution in [0.4, 0.5) is 18.9 Å². The van der Waals surface area contributed by atoms with Gasteiger partial charge in [0.25, 0.3) is 5.91 Å². The van der Waals surface area contributed by atoms with E-state index in [0.717, 1.165) is 52.3 Å². The summed E-state index contributed by atoms with van der Waals surface area (Å²) in [5, 5.41) is 3.41. The van der Waals surface area contributed by atoms with Gasteiger partial charge >= 0.3 is 6.18 Å². The van der Waals surface area contributed by atoms with Crippen molar-refractivity contribution < 1.29 is 18.0 Å². The van der Waals surface area contributed by atoms with Gasteiger partial charge in [0, 0.05) is 17.0 Å². The first-order chi connectivity index (χ1) is 12.7. The fourth-order valence-electron chi connectivity index (χ4n) is 3.06. The maximum absolute atomic E-state index is 12.9. The molecule has 1 aliphatic rings. The van der Waals surface area contributed by atoms with Gasteiger partial charge in [0.05, 0.1) is 16.1 Å². The number of carbonyl (C=O) groups excluding carboxylic acids is 1. The second-order valence-corrected chi connectivity index (χ2v) is 7.71. The predicted molar refractivity (Wildman–Crippen MR) is 98.3 cm³/mol. The molecule has 1 saturated carbocycles. The predicted octanol–water partition coefficient (Wildman–Crippen LogP) is 5.46. The van der Waals surface area contributed by atoms with Crippen LogP contribution in [0, 0.1) is 13.8 Å². The highest BCUT2D eigenvalue weighted by Gasteiger charge is 2.31. The van der Waals surface area contributed by atoms with Crippen molar-refractivity contribution in [1.82, 2.24) is 9.97 Å². The maximum Gasteiger partial charge on any atom is 0.416 e. The van der Waals surface area contributed by atoms with Crippen molar-refractivity contribution >= 4 is 33.1 Å². The zero-order chi connectivity index (χ0) is 19.3. The van der Waals surface area contributed by atoms with E-state index in [0.29, 0.717) is 10.8 Å². The first-order valence-electron chi connectivity index (χ1n) is 8.50. The zero-order valence-corrected chi connectivity index (χ0v) is 15.5. The molecular weight excluding hydrogens is 375 g/mol. The lowest BCUT2D eigenvalue weighted by Crippen LogP contribution is -2.12. The number of carbonyl (C=O) groups is 1. The minimum atomic E-state index is -4.46. The molecule has 27 heavy (non-hydrogen) atoms. The summed E-state index contributed by atoms with van der Waals surface area (Å²) in [6.07, 6.45) is -2.30. The van der Waals surface area contributed by atoms with Crippen molar-refractivity contribution in [2.24, 2.45) is 0 Å². The molecule has 1 aromatic carbocycles. The van der Waals surface area contributed by atoms with Crippen molar-refractivity contribution in [3.63, 3.8) is 0 Å². The molecule has 0 atom stereocenters. The van der Waals surface area contributed by atoms with Gasteiger partial charge in [0.1, 0.15) is 10.7 Å². The van der Waals surface area contributed by atoms with Crippen molar-refractivity contribution in [1.29, 1.82) is 0 Å². The maximum atomic E-state index is 12.9. The van der Waals surface area contributed by atoms with E-state index >= 15 is 0 Å². The summed E-state index contributed by atoms with van der Waals surface area (Å²) in [5.41, 5.74) is 0.880. The van der Waals surface area contributed by atoms with Gasteiger partial charge in [-0.3, -0.25) is 4.79 Å². The molecule has 0 saturated heterocycles. The van der Waals surface area contributed by atoms with Gasteiger partial charge in [-0.15, -0.1) is 11.3 Å². The molecule has 0 unspecified atom stereocenters. The van der Waals surface area contributed by atoms with Crippen molar-refractivity contribution in [2.45, 2.75) is 38.8 Å². The summed E-state index contributed by atoms with van der Waals surface area (Å²) in [5.74, 6) is 0.770. The van der Waals surface area contributed by atoms with Gasteiger partial charge in [-0.1, -0.05) is 6.07 Å². The molecule has 1 amide bonds. The Hall–Kier alpha value is -2.48. The summed E-state index contributed by atoms with van der Waals surface area (Å²) >= 11 is 1.25. The van der Waals surface area contributed by atoms with E-state index in [1.165, 1.54) is 23.5 Å². The van der Waals surface area contributed by atoms with Crippen LogP contribution < -0.4 is 5.32 Å². The van der Waals surface area contributed by atoms with Crippen LogP contribution in [0.2, 0.25) is 0 Å². The van der Waals surface area contributed by atoms with Crippen LogP contribution in [0.5, 0.6) is 0 Å². The van der Waals surface area contributed by atoms with Crippen molar-refractivity contribution in [2.75, 3.05) is 5.32 Å². The fourth-order valence-corrected chi connectivity index (χ4v) is 4.20. The number of aromatic nitrogens is 2. The molecule has 2 aromatic heterocycles. The highest BCUT2D eigenvalue weighted by Crippen LogP contribution is 2.40. The normalized spacial score (nSPS) is 14.6. The smallest absolute Gasteiger partial charge is 0.321 e. The number of hydrogen-bond acceptors (Lipinski definition) is 4. The van der Waals surface area contributed by atoms with E-state index in [9.17, 15) is 18.0 Å². The summed E-state index contributed by atoms with van der Waals surface area (Å²) in [6.45, 7) is 3.71. The number of aryl methyl sites for hydroxylation is 2. The van der Waals surface area contributed by atoms with Crippen LogP contribution >= 0.6 is 11.3 Å². The molecule has 140 valence electrons. The number of rotatable bonds is 3. The summed E-state index contributed by atoms with van der Waals surface area (Å²) < 4.78 is 38.6. The Morgan fingerprint density at radius 1 is 1.22 bits per heavy atom. The topological polar surface area (TPSA) is 54.9 Å². The molecule has 4 nitrogen and oxygen atoms in total. The van der Waals surface area contributed by atoms with Gasteiger partial charge < -0.3 is 5.32 Å². The molecule has 0 spiro atoms. The van der Waals surface area contributed by atoms with Crippen LogP contribution in [0.3, 0.4) is 0 Å². The first-order valence-corrected chi connectivity index (χ1v) is 9.32. The monoisotopic (exact) mass is 391 g/mol. The molecule has 8 heteroatoms. The largest absolute Gasteiger partial charge is 0.416 e. The first kappa shape index (κ1) is 17.9. The zero-order valence-electron chi connectivity index (χ0n) is 14.6. The van der Waals surface area contributed by atoms with Gasteiger partial charge in [-0.2, -0.15) is 13.2 Å². The molecule has 4 rings (SSSR count). The van der Waals surface area contributed by atoms with Crippen LogP contribution in [0.25, 0.3) is 10.2 Å². The number of hydrogen-bond donors (Lipinski definition) is 1. The number of benzene rings is 1. The van der Waals surface area contributed by atoms with E-state index in [1.807, 2.05) is 13.8 Å². The Morgan fingerprint density at radius 2 is 1.96 bits per heavy atom. The van der Waals surface area contributed by atoms with Crippen LogP contribution in [0.1, 0.15) is 51.1 Å². The second-order valence-electron chi connectivity index (χ2n) is 6.71. The number of anilines is 1. The average Bonchev–Trinajstić information content (AvgIpc) is 3.38. The Balaban J connectivity index is 1.67. The number of alkyl halides is 3. The molecule has 3 aromatic rings. The average molecular weight is 391 g/mol. The molecule has 1 fully saturated rings. The van der Waals surface area contributed by atoms with Gasteiger partial charge in [0.2, 0.25) is 0 Å². The minimum Gasteiger partial charge on any atom is -0.321 e. The third-order valence-electron chi connectivity index (χ3n) is 4.58. The lowest BCUT2D eigenvalue weighted by molar-refractivity contribution is -0.137. The Morgan fingerprint density at radius 3 is 2.63 bits per heavy atom. The number of nitrogens with zero attached hydrogens (tertiary/aromatic N) is 2. The van der Waals surface area contributed by atoms with Gasteiger partial charge in [-0.05, 0) is 50.5 Å². The van der Waals surface area contributed by atoms with E-state index in [4.69, 9.17) is 0 Å². The van der Waals surface area contributed by atoms with Crippen molar-refractivity contribution in [3.05, 3.63) is 51.8 Å². The second kappa shape index (κ2) is 6.30. The quantitative estimate of drug-likeness (QED) is 0.645. The molecule has 0 radical (unpaired) electrons. The minimum absolute atomic E-state index is 0.105. The van der Waals surface area contributed by atoms with Gasteiger partial charge in [-0.25, -0.2) is 9.97 Å². The lowest BCUT2D eigenvalue weighted by atomic mass is 10.1. The number of amides is 1. The lowest BCUT2D eigenvalue weighted by Gasteiger charge is -2.09. The molecule has 1 aliphatic carbocycles. The number of nitrogens with one attached hydrogen (secondary N) is 1. The number of halogens is 3. The van der Waals surface area contributed by atoms with Crippen LogP contribution in [-0.4, -0.2) is 15.9 Å². The third kappa shape index (κ3) is 3.41. The Labute approximate surface area is 157 Å². The highest BCUT2D eigenvalue weighted by molar-refractivity contribution is 7.20. The Kier molecular flexibility index (Phi) is 4.18.